The number of halogens is 2. The van der Waals surface area contributed by atoms with Crippen LogP contribution in [0, 0.1) is 3.57 Å². The van der Waals surface area contributed by atoms with Crippen molar-refractivity contribution in [3.8, 4) is 12.0 Å². The molecule has 0 aliphatic heterocycles. The van der Waals surface area contributed by atoms with E-state index in [9.17, 15) is 9.59 Å². The zero-order valence-electron chi connectivity index (χ0n) is 21.5. The van der Waals surface area contributed by atoms with Crippen LogP contribution in [0.1, 0.15) is 67.2 Å². The van der Waals surface area contributed by atoms with Crippen LogP contribution in [-0.2, 0) is 19.1 Å². The topological polar surface area (TPSA) is 123 Å². The summed E-state index contributed by atoms with van der Waals surface area (Å²) < 4.78 is 22.7. The molecule has 0 unspecified atom stereocenters. The van der Waals surface area contributed by atoms with Crippen molar-refractivity contribution in [2.24, 2.45) is 0 Å². The second-order valence-corrected chi connectivity index (χ2v) is 11.6. The van der Waals surface area contributed by atoms with E-state index in [2.05, 4.69) is 58.5 Å². The van der Waals surface area contributed by atoms with Crippen LogP contribution < -0.4 is 9.47 Å². The number of carbonyl (C=O) groups excluding carboxylic acids is 2. The van der Waals surface area contributed by atoms with Crippen LogP contribution in [0.4, 0.5) is 0 Å². The normalized spacial score (nSPS) is 11.1. The van der Waals surface area contributed by atoms with Crippen molar-refractivity contribution >= 4 is 50.5 Å². The molecule has 36 heavy (non-hydrogen) atoms. The minimum Gasteiger partial charge on any atom is -0.463 e. The Labute approximate surface area is 234 Å². The number of hydrogen-bond donors (Lipinski definition) is 0. The summed E-state index contributed by atoms with van der Waals surface area (Å²) >= 11 is 5.35. The number of carbonyl (C=O) groups is 2. The quantitative estimate of drug-likeness (QED) is 0.185. The third kappa shape index (κ3) is 17.4. The lowest BCUT2D eigenvalue weighted by Crippen LogP contribution is -2.24. The van der Waals surface area contributed by atoms with Crippen molar-refractivity contribution in [1.29, 1.82) is 0 Å². The highest BCUT2D eigenvalue weighted by atomic mass is 127. The Bertz CT molecular complexity index is 854. The summed E-state index contributed by atoms with van der Waals surface area (Å²) in [6, 6.07) is 0.641. The lowest BCUT2D eigenvalue weighted by Gasteiger charge is -2.19. The SMILES string of the molecule is CC(C)(C)OC(=O)CCCOc1ncc(Br)cn1.CC(C)(C)OC(=O)CCCOc1ncc(I)cn1. The molecule has 0 fully saturated rings. The van der Waals surface area contributed by atoms with Gasteiger partial charge in [-0.25, -0.2) is 19.9 Å². The summed E-state index contributed by atoms with van der Waals surface area (Å²) in [7, 11) is 0. The zero-order chi connectivity index (χ0) is 27.2. The molecule has 12 heteroatoms. The number of ether oxygens (including phenoxy) is 4. The second-order valence-electron chi connectivity index (χ2n) is 9.44. The van der Waals surface area contributed by atoms with Crippen molar-refractivity contribution < 1.29 is 28.5 Å². The van der Waals surface area contributed by atoms with E-state index in [1.165, 1.54) is 0 Å². The Morgan fingerprint density at radius 3 is 1.47 bits per heavy atom. The minimum atomic E-state index is -0.438. The van der Waals surface area contributed by atoms with Gasteiger partial charge in [-0.2, -0.15) is 0 Å². The average molecular weight is 681 g/mol. The summed E-state index contributed by atoms with van der Waals surface area (Å²) in [5, 5.41) is 0. The number of esters is 2. The first-order valence-electron chi connectivity index (χ1n) is 11.4. The van der Waals surface area contributed by atoms with E-state index in [-0.39, 0.29) is 11.9 Å². The first-order valence-corrected chi connectivity index (χ1v) is 13.2. The van der Waals surface area contributed by atoms with Gasteiger partial charge < -0.3 is 18.9 Å². The van der Waals surface area contributed by atoms with Gasteiger partial charge in [0.25, 0.3) is 0 Å². The van der Waals surface area contributed by atoms with Crippen LogP contribution in [0.2, 0.25) is 0 Å². The van der Waals surface area contributed by atoms with Crippen molar-refractivity contribution in [1.82, 2.24) is 19.9 Å². The molecule has 0 aliphatic rings. The number of hydrogen-bond acceptors (Lipinski definition) is 10. The lowest BCUT2D eigenvalue weighted by atomic mass is 10.2. The van der Waals surface area contributed by atoms with Crippen molar-refractivity contribution in [2.75, 3.05) is 13.2 Å². The summed E-state index contributed by atoms with van der Waals surface area (Å²) in [5.41, 5.74) is -0.871. The molecule has 0 N–H and O–H groups in total. The molecule has 2 rings (SSSR count). The van der Waals surface area contributed by atoms with Gasteiger partial charge in [-0.15, -0.1) is 0 Å². The standard InChI is InChI=1S/C12H17BrN2O3.C12H17IN2O3/c2*1-12(2,3)18-10(16)5-4-6-17-11-14-7-9(13)8-15-11/h2*7-8H,4-6H2,1-3H3. The van der Waals surface area contributed by atoms with Crippen LogP contribution >= 0.6 is 38.5 Å². The summed E-state index contributed by atoms with van der Waals surface area (Å²) in [4.78, 5) is 38.7. The maximum absolute atomic E-state index is 11.4. The van der Waals surface area contributed by atoms with Crippen LogP contribution in [0.15, 0.2) is 29.3 Å². The molecule has 2 heterocycles. The van der Waals surface area contributed by atoms with Crippen LogP contribution in [0.3, 0.4) is 0 Å². The van der Waals surface area contributed by atoms with Crippen molar-refractivity contribution in [2.45, 2.75) is 78.4 Å². The molecule has 2 aromatic heterocycles. The van der Waals surface area contributed by atoms with E-state index in [1.54, 1.807) is 24.8 Å². The first-order chi connectivity index (χ1) is 16.7. The fourth-order valence-corrected chi connectivity index (χ4v) is 2.78. The largest absolute Gasteiger partial charge is 0.463 e. The van der Waals surface area contributed by atoms with Crippen molar-refractivity contribution in [3.05, 3.63) is 32.8 Å². The third-order valence-corrected chi connectivity index (χ3v) is 4.51. The Kier molecular flexibility index (Phi) is 14.1. The molecular formula is C24H34BrIN4O6. The highest BCUT2D eigenvalue weighted by Crippen LogP contribution is 2.12. The molecule has 0 saturated carbocycles. The maximum Gasteiger partial charge on any atom is 0.316 e. The molecule has 10 nitrogen and oxygen atoms in total. The Morgan fingerprint density at radius 2 is 1.11 bits per heavy atom. The van der Waals surface area contributed by atoms with Gasteiger partial charge in [0, 0.05) is 41.2 Å². The smallest absolute Gasteiger partial charge is 0.316 e. The molecule has 0 bridgehead atoms. The summed E-state index contributed by atoms with van der Waals surface area (Å²) in [6.07, 6.45) is 8.40. The number of aromatic nitrogens is 4. The van der Waals surface area contributed by atoms with E-state index in [4.69, 9.17) is 18.9 Å². The van der Waals surface area contributed by atoms with Gasteiger partial charge >= 0.3 is 24.0 Å². The molecule has 200 valence electrons. The van der Waals surface area contributed by atoms with Crippen molar-refractivity contribution in [3.63, 3.8) is 0 Å². The molecule has 0 aliphatic carbocycles. The molecule has 2 aromatic rings. The van der Waals surface area contributed by atoms with Gasteiger partial charge in [0.2, 0.25) is 0 Å². The second kappa shape index (κ2) is 15.9. The Hall–Kier alpha value is -2.09. The molecule has 0 radical (unpaired) electrons. The van der Waals surface area contributed by atoms with Gasteiger partial charge in [-0.05, 0) is 92.9 Å². The monoisotopic (exact) mass is 680 g/mol. The fraction of sp³-hybridized carbons (Fsp3) is 0.583. The molecule has 0 amide bonds. The van der Waals surface area contributed by atoms with E-state index in [0.717, 1.165) is 8.04 Å². The lowest BCUT2D eigenvalue weighted by molar-refractivity contribution is -0.156. The number of nitrogens with zero attached hydrogens (tertiary/aromatic N) is 4. The summed E-state index contributed by atoms with van der Waals surface area (Å²) in [5.74, 6) is -0.433. The molecule has 0 aromatic carbocycles. The maximum atomic E-state index is 11.4. The molecule has 0 atom stereocenters. The fourth-order valence-electron chi connectivity index (χ4n) is 2.29. The van der Waals surface area contributed by atoms with Crippen LogP contribution in [-0.4, -0.2) is 56.3 Å². The van der Waals surface area contributed by atoms with E-state index >= 15 is 0 Å². The van der Waals surface area contributed by atoms with Crippen LogP contribution in [0.5, 0.6) is 12.0 Å². The molecule has 0 spiro atoms. The highest BCUT2D eigenvalue weighted by molar-refractivity contribution is 14.1. The predicted molar refractivity (Wildman–Crippen MR) is 146 cm³/mol. The van der Waals surface area contributed by atoms with Gasteiger partial charge in [-0.3, -0.25) is 9.59 Å². The van der Waals surface area contributed by atoms with Gasteiger partial charge in [0.1, 0.15) is 11.2 Å². The minimum absolute atomic E-state index is 0.213. The summed E-state index contributed by atoms with van der Waals surface area (Å²) in [6.45, 7) is 11.9. The van der Waals surface area contributed by atoms with Crippen LogP contribution in [0.25, 0.3) is 0 Å². The van der Waals surface area contributed by atoms with Gasteiger partial charge in [0.05, 0.1) is 17.7 Å². The van der Waals surface area contributed by atoms with Gasteiger partial charge in [0.15, 0.2) is 0 Å². The zero-order valence-corrected chi connectivity index (χ0v) is 25.3. The average Bonchev–Trinajstić information content (AvgIpc) is 2.75. The van der Waals surface area contributed by atoms with E-state index < -0.39 is 11.2 Å². The van der Waals surface area contributed by atoms with E-state index in [1.807, 2.05) is 41.5 Å². The molecular weight excluding hydrogens is 647 g/mol. The Morgan fingerprint density at radius 1 is 0.750 bits per heavy atom. The highest BCUT2D eigenvalue weighted by Gasteiger charge is 2.16. The predicted octanol–water partition coefficient (Wildman–Crippen LogP) is 5.32. The van der Waals surface area contributed by atoms with Gasteiger partial charge in [-0.1, -0.05) is 0 Å². The number of rotatable bonds is 10. The first kappa shape index (κ1) is 31.9. The molecule has 0 saturated heterocycles. The third-order valence-electron chi connectivity index (χ3n) is 3.55. The Balaban J connectivity index is 0.000000360. The van der Waals surface area contributed by atoms with E-state index in [0.29, 0.717) is 50.9 Å².